The molecular formula is C76H138N4O20. The second-order valence-corrected chi connectivity index (χ2v) is 34.2. The number of likely N-dealkylation sites (N-methyl/N-ethyl adjacent to an activating group) is 2. The molecule has 4 bridgehead atoms. The molecule has 8 N–H and O–H groups in total. The van der Waals surface area contributed by atoms with Gasteiger partial charge in [-0.05, 0) is 155 Å². The van der Waals surface area contributed by atoms with Gasteiger partial charge in [0.2, 0.25) is 11.8 Å². The summed E-state index contributed by atoms with van der Waals surface area (Å²) in [7, 11) is 9.25. The predicted molar refractivity (Wildman–Crippen MR) is 378 cm³/mol. The number of carbonyl (C=O) groups excluding carboxylic acids is 2. The molecular weight excluding hydrogens is 1290 g/mol. The number of fused-ring (bicyclic) bond motifs is 4. The molecule has 8 rings (SSSR count). The number of nitrogens with zero attached hydrogens (tertiary/aromatic N) is 2. The van der Waals surface area contributed by atoms with Crippen LogP contribution >= 0.6 is 0 Å². The number of amides is 2. The second kappa shape index (κ2) is 33.5. The van der Waals surface area contributed by atoms with Crippen molar-refractivity contribution in [1.29, 1.82) is 0 Å². The zero-order chi connectivity index (χ0) is 75.2. The lowest BCUT2D eigenvalue weighted by atomic mass is 9.75. The number of hydrogen-bond acceptors (Lipinski definition) is 22. The van der Waals surface area contributed by atoms with Crippen LogP contribution < -0.4 is 10.6 Å². The van der Waals surface area contributed by atoms with Crippen molar-refractivity contribution >= 4 is 11.8 Å². The van der Waals surface area contributed by atoms with E-state index in [0.29, 0.717) is 70.0 Å². The molecule has 8 aliphatic heterocycles. The Labute approximate surface area is 599 Å². The Kier molecular flexibility index (Phi) is 28.4. The van der Waals surface area contributed by atoms with Crippen LogP contribution in [0.15, 0.2) is 11.3 Å². The molecule has 8 aliphatic rings. The summed E-state index contributed by atoms with van der Waals surface area (Å²) in [6, 6.07) is -1.69. The molecule has 24 heteroatoms. The smallest absolute Gasteiger partial charge is 0.225 e. The zero-order valence-electron chi connectivity index (χ0n) is 66.1. The summed E-state index contributed by atoms with van der Waals surface area (Å²) in [5, 5.41) is 76.6. The summed E-state index contributed by atoms with van der Waals surface area (Å²) in [5.41, 5.74) is -5.31. The minimum atomic E-state index is -1.68. The number of rotatable bonds is 15. The minimum absolute atomic E-state index is 0.0102. The summed E-state index contributed by atoms with van der Waals surface area (Å²) >= 11 is 0. The van der Waals surface area contributed by atoms with Crippen LogP contribution in [-0.2, 0) is 66.4 Å². The number of aliphatic hydroxyl groups is 6. The average Bonchev–Trinajstić information content (AvgIpc) is 1.58. The minimum Gasteiger partial charge on any atom is -0.489 e. The summed E-state index contributed by atoms with van der Waals surface area (Å²) in [6.45, 7) is 42.5. The topological polar surface area (TPSA) is 297 Å². The first-order chi connectivity index (χ1) is 46.3. The number of hydrogen-bond donors (Lipinski definition) is 8. The van der Waals surface area contributed by atoms with Crippen LogP contribution in [0.5, 0.6) is 0 Å². The summed E-state index contributed by atoms with van der Waals surface area (Å²) in [5.74, 6) is -3.63. The van der Waals surface area contributed by atoms with E-state index in [0.717, 1.165) is 5.57 Å². The highest BCUT2D eigenvalue weighted by molar-refractivity contribution is 5.80. The van der Waals surface area contributed by atoms with Crippen LogP contribution in [0.2, 0.25) is 0 Å². The molecule has 7 saturated heterocycles. The maximum atomic E-state index is 14.3. The summed E-state index contributed by atoms with van der Waals surface area (Å²) in [6.07, 6.45) is -6.30. The monoisotopic (exact) mass is 1430 g/mol. The second-order valence-electron chi connectivity index (χ2n) is 34.2. The Balaban J connectivity index is 0.000000281. The first-order valence-electron chi connectivity index (χ1n) is 37.8. The van der Waals surface area contributed by atoms with Crippen molar-refractivity contribution in [3.63, 3.8) is 0 Å². The van der Waals surface area contributed by atoms with Crippen molar-refractivity contribution in [2.45, 2.75) is 385 Å². The lowest BCUT2D eigenvalue weighted by Gasteiger charge is -2.48. The van der Waals surface area contributed by atoms with E-state index >= 15 is 0 Å². The quantitative estimate of drug-likeness (QED) is 0.0787. The standard InChI is InChI=1S/C39H72N2O10.C37H66N2O10/c1-15-28-39(12,45)33(43)24(7)31-21(4)17-38(11,51-31)34(50-36-30(42)27(16-22(5)48-36)41(13)20(2)3)25(8)32(26(9)35(44)40-28)49-29-19-37(10,46-14)18-23(6)47-29;1-14-26-37(10,43)31(41)22(5)29-19(2)16-36(9,49-29)32(48-34-28(40)25(39(11)12)15-20(3)46-34)23(6)30(24(7)33(42)38-26)47-27-18-35(8,44-13)17-21(4)45-27/h20-34,36,42-43,45H,15-19H2,1-14H3,(H,40,44);20-28,30-32,34,40-41,43H,14-18H2,1-13H3,(H,38,42)/t21?,22-,23+,24+,25+,26-,27?,28-,29?,30-,31?,32+,33-,34-,36?,37+,38-,39-;20-,21+,22+,23+,24-,25?,26-,27?,28-,30+,31-,32-,34?,35+,36-,37-/m11/s1. The Morgan fingerprint density at radius 1 is 0.550 bits per heavy atom. The van der Waals surface area contributed by atoms with E-state index in [1.165, 1.54) is 0 Å². The molecule has 8 heterocycles. The first-order valence-corrected chi connectivity index (χ1v) is 37.8. The van der Waals surface area contributed by atoms with Crippen molar-refractivity contribution in [2.75, 3.05) is 35.4 Å². The van der Waals surface area contributed by atoms with Gasteiger partial charge in [-0.15, -0.1) is 0 Å². The number of methoxy groups -OCH3 is 2. The van der Waals surface area contributed by atoms with E-state index in [1.54, 1.807) is 35.0 Å². The maximum Gasteiger partial charge on any atom is 0.225 e. The molecule has 2 amide bonds. The van der Waals surface area contributed by atoms with Gasteiger partial charge in [0.15, 0.2) is 25.2 Å². The molecule has 0 saturated carbocycles. The lowest BCUT2D eigenvalue weighted by molar-refractivity contribution is -0.312. The fraction of sp³-hybridized carbons (Fsp3) is 0.947. The molecule has 8 unspecified atom stereocenters. The molecule has 0 aromatic rings. The van der Waals surface area contributed by atoms with Crippen molar-refractivity contribution in [2.24, 2.45) is 41.4 Å². The van der Waals surface area contributed by atoms with Crippen LogP contribution in [0.1, 0.15) is 217 Å². The van der Waals surface area contributed by atoms with E-state index in [1.807, 2.05) is 137 Å². The van der Waals surface area contributed by atoms with Crippen molar-refractivity contribution in [3.8, 4) is 0 Å². The predicted octanol–water partition coefficient (Wildman–Crippen LogP) is 7.50. The van der Waals surface area contributed by atoms with Crippen LogP contribution in [0.25, 0.3) is 0 Å². The van der Waals surface area contributed by atoms with Gasteiger partial charge in [0.1, 0.15) is 40.9 Å². The van der Waals surface area contributed by atoms with Gasteiger partial charge in [0.05, 0.1) is 102 Å². The maximum absolute atomic E-state index is 14.3. The first kappa shape index (κ1) is 85.0. The number of carbonyl (C=O) groups is 2. The third-order valence-corrected chi connectivity index (χ3v) is 24.8. The van der Waals surface area contributed by atoms with Gasteiger partial charge in [-0.2, -0.15) is 0 Å². The Morgan fingerprint density at radius 3 is 1.39 bits per heavy atom. The molecule has 0 aromatic carbocycles. The van der Waals surface area contributed by atoms with Crippen LogP contribution in [0.3, 0.4) is 0 Å². The number of ether oxygens (including phenoxy) is 12. The SMILES string of the molecule is CC[C@H]1NC(=O)[C@H](C)[C@@H](OC2C[C@@](C)(OC)C[C@H](C)O2)[C@H](C)[C@@H](OC2O[C@H](C)CC(N(C)C(C)C)[C@H]2O)[C@@]2(C)CC(C)C(O2)[C@H](C)[C@@H](O)[C@]1(C)O.CC[C@H]1NC(=O)[C@H](C)[C@@H](OC2C[C@@](C)(OC)C[C@H](C)O2)[C@H](C)[C@@H](OC2O[C@H](C)CC(N(C)C)[C@H]2O)[C@@]2(C)CC(C)=C(O2)[C@H](C)[C@@H](O)[C@]1(C)O. The van der Waals surface area contributed by atoms with E-state index in [-0.39, 0.29) is 60.3 Å². The van der Waals surface area contributed by atoms with Gasteiger partial charge in [-0.3, -0.25) is 14.5 Å². The molecule has 582 valence electrons. The van der Waals surface area contributed by atoms with Crippen molar-refractivity contribution in [1.82, 2.24) is 20.4 Å². The fourth-order valence-electron chi connectivity index (χ4n) is 18.6. The normalized spacial score (nSPS) is 49.6. The van der Waals surface area contributed by atoms with Gasteiger partial charge in [0.25, 0.3) is 0 Å². The fourth-order valence-corrected chi connectivity index (χ4v) is 18.6. The van der Waals surface area contributed by atoms with Crippen molar-refractivity contribution < 1.29 is 97.1 Å². The third kappa shape index (κ3) is 18.5. The molecule has 7 fully saturated rings. The highest BCUT2D eigenvalue weighted by atomic mass is 16.7. The lowest BCUT2D eigenvalue weighted by Crippen LogP contribution is -2.61. The third-order valence-electron chi connectivity index (χ3n) is 24.8. The summed E-state index contributed by atoms with van der Waals surface area (Å²) < 4.78 is 78.7. The Morgan fingerprint density at radius 2 is 0.970 bits per heavy atom. The zero-order valence-corrected chi connectivity index (χ0v) is 66.1. The summed E-state index contributed by atoms with van der Waals surface area (Å²) in [4.78, 5) is 32.6. The van der Waals surface area contributed by atoms with E-state index in [9.17, 15) is 40.2 Å². The molecule has 0 radical (unpaired) electrons. The molecule has 24 nitrogen and oxygen atoms in total. The molecule has 100 heavy (non-hydrogen) atoms. The van der Waals surface area contributed by atoms with E-state index in [4.69, 9.17) is 56.8 Å². The highest BCUT2D eigenvalue weighted by Crippen LogP contribution is 2.50. The van der Waals surface area contributed by atoms with Gasteiger partial charge < -0.3 is 103 Å². The van der Waals surface area contributed by atoms with Gasteiger partial charge in [0, 0.05) is 88.1 Å². The Bertz CT molecular complexity index is 2690. The van der Waals surface area contributed by atoms with Gasteiger partial charge in [-0.25, -0.2) is 0 Å². The molecule has 0 aromatic heterocycles. The number of nitrogens with one attached hydrogen (secondary N) is 2. The van der Waals surface area contributed by atoms with E-state index < -0.39 is 161 Å². The van der Waals surface area contributed by atoms with Crippen molar-refractivity contribution in [3.05, 3.63) is 11.3 Å². The van der Waals surface area contributed by atoms with Gasteiger partial charge in [-0.1, -0.05) is 62.3 Å². The molecule has 0 aliphatic carbocycles. The van der Waals surface area contributed by atoms with Gasteiger partial charge >= 0.3 is 0 Å². The average molecular weight is 1430 g/mol. The molecule has 34 atom stereocenters. The number of aliphatic hydroxyl groups excluding tert-OH is 4. The van der Waals surface area contributed by atoms with E-state index in [2.05, 4.69) is 36.3 Å². The Hall–Kier alpha value is -2.28. The highest BCUT2D eigenvalue weighted by Gasteiger charge is 2.60. The largest absolute Gasteiger partial charge is 0.489 e. The van der Waals surface area contributed by atoms with Crippen LogP contribution in [0.4, 0.5) is 0 Å². The van der Waals surface area contributed by atoms with Crippen LogP contribution in [-0.4, -0.2) is 256 Å². The molecule has 0 spiro atoms. The van der Waals surface area contributed by atoms with Crippen LogP contribution in [0, 0.1) is 41.4 Å².